The molecule has 4 heteroatoms. The van der Waals surface area contributed by atoms with Gasteiger partial charge in [-0.2, -0.15) is 5.48 Å². The van der Waals surface area contributed by atoms with Crippen molar-refractivity contribution in [1.29, 1.82) is 0 Å². The molecule has 0 atom stereocenters. The van der Waals surface area contributed by atoms with Crippen LogP contribution in [0.15, 0.2) is 60.8 Å². The van der Waals surface area contributed by atoms with Crippen molar-refractivity contribution in [2.24, 2.45) is 0 Å². The Morgan fingerprint density at radius 2 is 1.95 bits per heavy atom. The third-order valence-electron chi connectivity index (χ3n) is 3.44. The van der Waals surface area contributed by atoms with Gasteiger partial charge in [0.1, 0.15) is 0 Å². The SMILES string of the molecule is CO[NH2+]c1ccc2c(ccn2C(=O)Cc2ccccc2)c1. The standard InChI is InChI=1S/C17H16N2O2/c1-21-18-15-7-8-16-14(12-15)9-10-19(16)17(20)11-13-5-3-2-4-6-13/h2-10,12,18H,11H2,1H3/p+1. The van der Waals surface area contributed by atoms with Gasteiger partial charge >= 0.3 is 0 Å². The van der Waals surface area contributed by atoms with E-state index in [0.717, 1.165) is 22.2 Å². The van der Waals surface area contributed by atoms with Crippen LogP contribution in [-0.4, -0.2) is 17.6 Å². The van der Waals surface area contributed by atoms with Crippen LogP contribution in [0.3, 0.4) is 0 Å². The molecule has 1 heterocycles. The minimum absolute atomic E-state index is 0.0691. The van der Waals surface area contributed by atoms with Crippen LogP contribution < -0.4 is 5.48 Å². The summed E-state index contributed by atoms with van der Waals surface area (Å²) in [6, 6.07) is 17.6. The number of nitrogens with two attached hydrogens (primary N) is 1. The van der Waals surface area contributed by atoms with E-state index in [2.05, 4.69) is 0 Å². The molecule has 3 aromatic rings. The molecule has 106 valence electrons. The summed E-state index contributed by atoms with van der Waals surface area (Å²) >= 11 is 0. The minimum atomic E-state index is 0.0691. The average Bonchev–Trinajstić information content (AvgIpc) is 2.92. The van der Waals surface area contributed by atoms with Crippen molar-refractivity contribution in [3.63, 3.8) is 0 Å². The highest BCUT2D eigenvalue weighted by Gasteiger charge is 2.11. The Hall–Kier alpha value is -2.43. The molecule has 0 unspecified atom stereocenters. The Kier molecular flexibility index (Phi) is 3.81. The fraction of sp³-hybridized carbons (Fsp3) is 0.118. The van der Waals surface area contributed by atoms with Crippen LogP contribution in [0.2, 0.25) is 0 Å². The molecule has 0 radical (unpaired) electrons. The maximum atomic E-state index is 12.4. The molecule has 21 heavy (non-hydrogen) atoms. The molecule has 4 nitrogen and oxygen atoms in total. The Bertz CT molecular complexity index is 763. The first-order valence-electron chi connectivity index (χ1n) is 6.82. The normalized spacial score (nSPS) is 10.9. The molecule has 3 rings (SSSR count). The first-order chi connectivity index (χ1) is 10.3. The second kappa shape index (κ2) is 5.91. The van der Waals surface area contributed by atoms with Gasteiger partial charge in [-0.1, -0.05) is 30.3 Å². The predicted molar refractivity (Wildman–Crippen MR) is 81.3 cm³/mol. The summed E-state index contributed by atoms with van der Waals surface area (Å²) in [7, 11) is 1.62. The monoisotopic (exact) mass is 281 g/mol. The predicted octanol–water partition coefficient (Wildman–Crippen LogP) is 2.28. The second-order valence-electron chi connectivity index (χ2n) is 4.91. The quantitative estimate of drug-likeness (QED) is 0.589. The molecular weight excluding hydrogens is 264 g/mol. The number of hydrogen-bond acceptors (Lipinski definition) is 2. The summed E-state index contributed by atoms with van der Waals surface area (Å²) in [4.78, 5) is 17.4. The number of hydrogen-bond donors (Lipinski definition) is 1. The Balaban J connectivity index is 1.88. The zero-order valence-electron chi connectivity index (χ0n) is 11.8. The van der Waals surface area contributed by atoms with E-state index in [0.29, 0.717) is 6.42 Å². The first kappa shape index (κ1) is 13.5. The summed E-state index contributed by atoms with van der Waals surface area (Å²) < 4.78 is 1.71. The van der Waals surface area contributed by atoms with Crippen LogP contribution in [0.4, 0.5) is 5.69 Å². The van der Waals surface area contributed by atoms with Crippen LogP contribution in [0.1, 0.15) is 10.4 Å². The van der Waals surface area contributed by atoms with Crippen molar-refractivity contribution in [2.45, 2.75) is 6.42 Å². The first-order valence-corrected chi connectivity index (χ1v) is 6.82. The highest BCUT2D eigenvalue weighted by atomic mass is 16.6. The van der Waals surface area contributed by atoms with Crippen molar-refractivity contribution in [1.82, 2.24) is 4.57 Å². The molecule has 0 fully saturated rings. The van der Waals surface area contributed by atoms with Crippen molar-refractivity contribution in [2.75, 3.05) is 7.11 Å². The molecule has 0 aliphatic heterocycles. The molecule has 0 aliphatic rings. The van der Waals surface area contributed by atoms with Gasteiger partial charge in [-0.05, 0) is 17.7 Å². The van der Waals surface area contributed by atoms with E-state index in [1.807, 2.05) is 60.8 Å². The number of carbonyl (C=O) groups excluding carboxylic acids is 1. The maximum Gasteiger partial charge on any atom is 0.235 e. The third kappa shape index (κ3) is 2.86. The van der Waals surface area contributed by atoms with Crippen LogP contribution >= 0.6 is 0 Å². The molecule has 1 aromatic heterocycles. The lowest BCUT2D eigenvalue weighted by molar-refractivity contribution is -0.830. The highest BCUT2D eigenvalue weighted by molar-refractivity contribution is 5.94. The van der Waals surface area contributed by atoms with Gasteiger partial charge in [0.05, 0.1) is 19.0 Å². The number of fused-ring (bicyclic) bond motifs is 1. The van der Waals surface area contributed by atoms with Gasteiger partial charge in [0.15, 0.2) is 5.69 Å². The van der Waals surface area contributed by atoms with Crippen LogP contribution in [0, 0.1) is 0 Å². The minimum Gasteiger partial charge on any atom is -0.287 e. The molecule has 0 amide bonds. The zero-order chi connectivity index (χ0) is 14.7. The van der Waals surface area contributed by atoms with Crippen molar-refractivity contribution in [3.05, 3.63) is 66.4 Å². The van der Waals surface area contributed by atoms with E-state index in [9.17, 15) is 4.79 Å². The molecule has 0 aliphatic carbocycles. The summed E-state index contributed by atoms with van der Waals surface area (Å²) in [5.41, 5.74) is 4.61. The van der Waals surface area contributed by atoms with E-state index in [1.54, 1.807) is 17.2 Å². The lowest BCUT2D eigenvalue weighted by Crippen LogP contribution is -2.75. The fourth-order valence-corrected chi connectivity index (χ4v) is 2.44. The maximum absolute atomic E-state index is 12.4. The lowest BCUT2D eigenvalue weighted by atomic mass is 10.1. The van der Waals surface area contributed by atoms with E-state index in [4.69, 9.17) is 4.84 Å². The number of rotatable bonds is 4. The van der Waals surface area contributed by atoms with Gasteiger partial charge in [0.25, 0.3) is 0 Å². The smallest absolute Gasteiger partial charge is 0.235 e. The largest absolute Gasteiger partial charge is 0.287 e. The molecule has 0 saturated heterocycles. The summed E-state index contributed by atoms with van der Waals surface area (Å²) in [6.07, 6.45) is 2.23. The Morgan fingerprint density at radius 1 is 1.14 bits per heavy atom. The molecule has 0 bridgehead atoms. The van der Waals surface area contributed by atoms with Gasteiger partial charge in [-0.25, -0.2) is 4.84 Å². The van der Waals surface area contributed by atoms with Crippen LogP contribution in [0.5, 0.6) is 0 Å². The van der Waals surface area contributed by atoms with Crippen molar-refractivity contribution >= 4 is 22.5 Å². The lowest BCUT2D eigenvalue weighted by Gasteiger charge is -2.05. The number of carbonyl (C=O) groups is 1. The van der Waals surface area contributed by atoms with Crippen LogP contribution in [-0.2, 0) is 11.3 Å². The highest BCUT2D eigenvalue weighted by Crippen LogP contribution is 2.19. The van der Waals surface area contributed by atoms with Gasteiger partial charge < -0.3 is 0 Å². The van der Waals surface area contributed by atoms with Gasteiger partial charge in [-0.15, -0.1) is 0 Å². The van der Waals surface area contributed by atoms with Gasteiger partial charge in [0.2, 0.25) is 5.91 Å². The van der Waals surface area contributed by atoms with Gasteiger partial charge in [-0.3, -0.25) is 9.36 Å². The molecule has 0 spiro atoms. The van der Waals surface area contributed by atoms with E-state index < -0.39 is 0 Å². The molecule has 2 N–H and O–H groups in total. The second-order valence-corrected chi connectivity index (χ2v) is 4.91. The summed E-state index contributed by atoms with van der Waals surface area (Å²) in [6.45, 7) is 0. The van der Waals surface area contributed by atoms with Crippen LogP contribution in [0.25, 0.3) is 10.9 Å². The third-order valence-corrected chi connectivity index (χ3v) is 3.44. The van der Waals surface area contributed by atoms with E-state index in [1.165, 1.54) is 0 Å². The Morgan fingerprint density at radius 3 is 2.71 bits per heavy atom. The number of benzene rings is 2. The number of nitrogens with zero attached hydrogens (tertiary/aromatic N) is 1. The fourth-order valence-electron chi connectivity index (χ4n) is 2.44. The van der Waals surface area contributed by atoms with Crippen molar-refractivity contribution in [3.8, 4) is 0 Å². The molecular formula is C17H17N2O2+. The average molecular weight is 281 g/mol. The van der Waals surface area contributed by atoms with E-state index in [-0.39, 0.29) is 5.91 Å². The van der Waals surface area contributed by atoms with Crippen molar-refractivity contribution < 1.29 is 15.1 Å². The number of aromatic nitrogens is 1. The molecule has 2 aromatic carbocycles. The van der Waals surface area contributed by atoms with Gasteiger partial charge in [0, 0.05) is 23.7 Å². The summed E-state index contributed by atoms with van der Waals surface area (Å²) in [5.74, 6) is 0.0691. The zero-order valence-corrected chi connectivity index (χ0v) is 11.8. The number of quaternary nitrogens is 1. The Labute approximate surface area is 122 Å². The topological polar surface area (TPSA) is 47.8 Å². The summed E-state index contributed by atoms with van der Waals surface area (Å²) in [5, 5.41) is 1.03. The molecule has 0 saturated carbocycles. The van der Waals surface area contributed by atoms with E-state index >= 15 is 0 Å².